The molecular formula is C27H21BrClF5N6O3. The van der Waals surface area contributed by atoms with Crippen LogP contribution in [0.3, 0.4) is 0 Å². The molecule has 0 unspecified atom stereocenters. The van der Waals surface area contributed by atoms with E-state index in [0.717, 1.165) is 10.2 Å². The second-order valence-corrected chi connectivity index (χ2v) is 11.4. The van der Waals surface area contributed by atoms with Gasteiger partial charge in [-0.15, -0.1) is 0 Å². The number of nitrogens with zero attached hydrogens (tertiary/aromatic N) is 4. The Balaban J connectivity index is 1.55. The number of carbonyl (C=O) groups is 2. The van der Waals surface area contributed by atoms with Gasteiger partial charge in [0.15, 0.2) is 5.82 Å². The number of aryl methyl sites for hydroxylation is 2. The van der Waals surface area contributed by atoms with Crippen molar-refractivity contribution < 1.29 is 36.6 Å². The molecule has 0 radical (unpaired) electrons. The maximum atomic E-state index is 13.7. The first-order valence-corrected chi connectivity index (χ1v) is 13.8. The van der Waals surface area contributed by atoms with Crippen LogP contribution in [0.5, 0.6) is 0 Å². The molecule has 1 amide bonds. The molecule has 2 aromatic heterocycles. The third-order valence-electron chi connectivity index (χ3n) is 7.34. The van der Waals surface area contributed by atoms with Crippen LogP contribution >= 0.6 is 27.5 Å². The highest BCUT2D eigenvalue weighted by Gasteiger charge is 2.56. The Morgan fingerprint density at radius 2 is 1.88 bits per heavy atom. The molecule has 16 heteroatoms. The van der Waals surface area contributed by atoms with E-state index < -0.39 is 42.4 Å². The van der Waals surface area contributed by atoms with E-state index in [-0.39, 0.29) is 52.1 Å². The number of alkyl halides is 5. The monoisotopic (exact) mass is 686 g/mol. The highest BCUT2D eigenvalue weighted by Crippen LogP contribution is 2.46. The molecule has 0 aliphatic carbocycles. The van der Waals surface area contributed by atoms with E-state index >= 15 is 0 Å². The summed E-state index contributed by atoms with van der Waals surface area (Å²) in [5.74, 6) is -6.49. The quantitative estimate of drug-likeness (QED) is 0.184. The third-order valence-corrected chi connectivity index (χ3v) is 8.31. The summed E-state index contributed by atoms with van der Waals surface area (Å²) >= 11 is 9.51. The van der Waals surface area contributed by atoms with Gasteiger partial charge in [0.05, 0.1) is 11.1 Å². The number of rotatable bonds is 8. The van der Waals surface area contributed by atoms with Gasteiger partial charge in [-0.1, -0.05) is 39.7 Å². The first kappa shape index (κ1) is 30.6. The molecule has 0 fully saturated rings. The first-order chi connectivity index (χ1) is 20.0. The van der Waals surface area contributed by atoms with Gasteiger partial charge in [0.1, 0.15) is 22.7 Å². The zero-order valence-electron chi connectivity index (χ0n) is 22.1. The molecule has 0 saturated heterocycles. The number of aromatic nitrogens is 4. The standard InChI is InChI=1S/C27H21BrClF5N6O3/c1-25(13-4-2-12(16(28)10-13)3-7-18(41)42)19-21(35)36-23(37-22(19)38-24(25)43)20-15-6-5-14(29)11-17(15)40(39-20)9-8-26(30,31)27(32,33)34/h2,4-6,10-11H,3,7-9H2,1H3,(H,41,42)(H3,35,36,37,38,43)/t25-/m0/s1. The third kappa shape index (κ3) is 5.39. The number of carboxylic acids is 1. The zero-order valence-corrected chi connectivity index (χ0v) is 24.4. The number of halogens is 7. The van der Waals surface area contributed by atoms with Crippen LogP contribution in [0.15, 0.2) is 40.9 Å². The zero-order chi connectivity index (χ0) is 31.5. The van der Waals surface area contributed by atoms with Gasteiger partial charge in [0.2, 0.25) is 5.91 Å². The van der Waals surface area contributed by atoms with Crippen molar-refractivity contribution in [2.24, 2.45) is 0 Å². The number of nitrogens with one attached hydrogen (secondary N) is 1. The lowest BCUT2D eigenvalue weighted by Gasteiger charge is -2.24. The highest BCUT2D eigenvalue weighted by atomic mass is 79.9. The number of hydrogen-bond acceptors (Lipinski definition) is 6. The van der Waals surface area contributed by atoms with E-state index in [9.17, 15) is 31.5 Å². The van der Waals surface area contributed by atoms with E-state index in [4.69, 9.17) is 22.4 Å². The lowest BCUT2D eigenvalue weighted by Crippen LogP contribution is -2.37. The van der Waals surface area contributed by atoms with E-state index in [1.807, 2.05) is 0 Å². The predicted molar refractivity (Wildman–Crippen MR) is 151 cm³/mol. The summed E-state index contributed by atoms with van der Waals surface area (Å²) in [6, 6.07) is 9.42. The number of anilines is 2. The predicted octanol–water partition coefficient (Wildman–Crippen LogP) is 6.35. The summed E-state index contributed by atoms with van der Waals surface area (Å²) in [5, 5.41) is 16.4. The van der Waals surface area contributed by atoms with E-state index in [0.29, 0.717) is 15.4 Å². The molecule has 9 nitrogen and oxygen atoms in total. The molecule has 1 atom stereocenters. The summed E-state index contributed by atoms with van der Waals surface area (Å²) < 4.78 is 67.3. The van der Waals surface area contributed by atoms with Crippen LogP contribution in [0.25, 0.3) is 22.4 Å². The van der Waals surface area contributed by atoms with Crippen molar-refractivity contribution in [3.63, 3.8) is 0 Å². The number of nitrogens with two attached hydrogens (primary N) is 1. The number of benzene rings is 2. The Morgan fingerprint density at radius 3 is 2.53 bits per heavy atom. The Bertz CT molecular complexity index is 1800. The van der Waals surface area contributed by atoms with Crippen LogP contribution in [-0.4, -0.2) is 48.8 Å². The van der Waals surface area contributed by atoms with Crippen molar-refractivity contribution >= 4 is 61.9 Å². The van der Waals surface area contributed by atoms with Crippen LogP contribution in [0.2, 0.25) is 5.02 Å². The fraction of sp³-hybridized carbons (Fsp3) is 0.296. The summed E-state index contributed by atoms with van der Waals surface area (Å²) in [7, 11) is 0. The van der Waals surface area contributed by atoms with Crippen molar-refractivity contribution in [3.05, 3.63) is 62.6 Å². The molecule has 3 heterocycles. The number of carboxylic acid groups (broad SMARTS) is 1. The van der Waals surface area contributed by atoms with E-state index in [1.165, 1.54) is 18.2 Å². The van der Waals surface area contributed by atoms with Crippen molar-refractivity contribution in [2.45, 2.75) is 50.2 Å². The van der Waals surface area contributed by atoms with Gasteiger partial charge in [0, 0.05) is 34.3 Å². The lowest BCUT2D eigenvalue weighted by molar-refractivity contribution is -0.285. The van der Waals surface area contributed by atoms with Gasteiger partial charge in [-0.25, -0.2) is 9.97 Å². The van der Waals surface area contributed by atoms with Gasteiger partial charge in [0.25, 0.3) is 0 Å². The van der Waals surface area contributed by atoms with Crippen molar-refractivity contribution in [1.29, 1.82) is 0 Å². The molecule has 0 bridgehead atoms. The highest BCUT2D eigenvalue weighted by molar-refractivity contribution is 9.10. The molecule has 4 N–H and O–H groups in total. The fourth-order valence-corrected chi connectivity index (χ4v) is 5.71. The van der Waals surface area contributed by atoms with Gasteiger partial charge in [-0.05, 0) is 48.7 Å². The van der Waals surface area contributed by atoms with Gasteiger partial charge in [-0.2, -0.15) is 27.1 Å². The van der Waals surface area contributed by atoms with Crippen LogP contribution in [0, 0.1) is 0 Å². The molecule has 0 spiro atoms. The Hall–Kier alpha value is -3.85. The lowest BCUT2D eigenvalue weighted by atomic mass is 9.77. The summed E-state index contributed by atoms with van der Waals surface area (Å²) in [5.41, 5.74) is 6.75. The largest absolute Gasteiger partial charge is 0.481 e. The van der Waals surface area contributed by atoms with Gasteiger partial charge >= 0.3 is 18.1 Å². The minimum atomic E-state index is -5.73. The normalized spacial score (nSPS) is 16.9. The minimum absolute atomic E-state index is 0.0323. The second-order valence-electron chi connectivity index (χ2n) is 10.1. The molecule has 43 heavy (non-hydrogen) atoms. The van der Waals surface area contributed by atoms with Crippen molar-refractivity contribution in [1.82, 2.24) is 19.7 Å². The maximum Gasteiger partial charge on any atom is 0.453 e. The maximum absolute atomic E-state index is 13.7. The number of fused-ring (bicyclic) bond motifs is 2. The molecule has 4 aromatic rings. The van der Waals surface area contributed by atoms with E-state index in [2.05, 4.69) is 36.3 Å². The molecule has 1 aliphatic heterocycles. The number of amides is 1. The van der Waals surface area contributed by atoms with Crippen molar-refractivity contribution in [2.75, 3.05) is 11.1 Å². The SMILES string of the molecule is C[C@@]1(c2ccc(CCC(=O)O)c(Br)c2)C(=O)Nc2nc(-c3nn(CCC(F)(F)C(F)(F)F)c4cc(Cl)ccc34)nc(N)c21. The summed E-state index contributed by atoms with van der Waals surface area (Å²) in [6.07, 6.45) is -7.10. The van der Waals surface area contributed by atoms with Crippen molar-refractivity contribution in [3.8, 4) is 11.5 Å². The van der Waals surface area contributed by atoms with E-state index in [1.54, 1.807) is 25.1 Å². The fourth-order valence-electron chi connectivity index (χ4n) is 4.96. The smallest absolute Gasteiger partial charge is 0.453 e. The summed E-state index contributed by atoms with van der Waals surface area (Å²) in [4.78, 5) is 33.1. The Kier molecular flexibility index (Phi) is 7.61. The topological polar surface area (TPSA) is 136 Å². The minimum Gasteiger partial charge on any atom is -0.481 e. The molecular weight excluding hydrogens is 667 g/mol. The van der Waals surface area contributed by atoms with Crippen LogP contribution in [0.1, 0.15) is 36.5 Å². The Morgan fingerprint density at radius 1 is 1.16 bits per heavy atom. The molecule has 0 saturated carbocycles. The summed E-state index contributed by atoms with van der Waals surface area (Å²) in [6.45, 7) is 0.828. The molecule has 2 aromatic carbocycles. The van der Waals surface area contributed by atoms with Gasteiger partial charge < -0.3 is 16.2 Å². The molecule has 226 valence electrons. The number of nitrogen functional groups attached to an aromatic ring is 1. The van der Waals surface area contributed by atoms with Gasteiger partial charge in [-0.3, -0.25) is 14.3 Å². The Labute approximate surface area is 253 Å². The average Bonchev–Trinajstić information content (AvgIpc) is 3.40. The number of carbonyl (C=O) groups excluding carboxylic acids is 1. The van der Waals surface area contributed by atoms with Crippen LogP contribution in [0.4, 0.5) is 33.6 Å². The average molecular weight is 688 g/mol. The molecule has 1 aliphatic rings. The van der Waals surface area contributed by atoms with Crippen LogP contribution < -0.4 is 11.1 Å². The first-order valence-electron chi connectivity index (χ1n) is 12.6. The molecule has 5 rings (SSSR count). The number of aliphatic carboxylic acids is 1. The van der Waals surface area contributed by atoms with Crippen LogP contribution in [-0.2, 0) is 28.0 Å². The second kappa shape index (κ2) is 10.7. The number of hydrogen-bond donors (Lipinski definition) is 3.